The van der Waals surface area contributed by atoms with Gasteiger partial charge in [-0.2, -0.15) is 0 Å². The molecule has 3 aromatic rings. The first kappa shape index (κ1) is 19.6. The lowest BCUT2D eigenvalue weighted by Crippen LogP contribution is -2.00. The summed E-state index contributed by atoms with van der Waals surface area (Å²) in [5.74, 6) is 0.252. The average Bonchev–Trinajstić information content (AvgIpc) is 2.72. The second kappa shape index (κ2) is 9.19. The van der Waals surface area contributed by atoms with Crippen molar-refractivity contribution < 1.29 is 19.4 Å². The third-order valence-corrected chi connectivity index (χ3v) is 4.50. The third kappa shape index (κ3) is 5.20. The summed E-state index contributed by atoms with van der Waals surface area (Å²) in [5, 5.41) is 8.95. The zero-order valence-electron chi connectivity index (χ0n) is 15.1. The van der Waals surface area contributed by atoms with Crippen LogP contribution >= 0.6 is 15.9 Å². The molecule has 0 aromatic heterocycles. The van der Waals surface area contributed by atoms with E-state index in [-0.39, 0.29) is 5.56 Å². The number of aliphatic imine (C=N–C) groups is 1. The highest BCUT2D eigenvalue weighted by Crippen LogP contribution is 2.28. The van der Waals surface area contributed by atoms with Crippen LogP contribution in [-0.4, -0.2) is 24.4 Å². The molecule has 0 saturated carbocycles. The van der Waals surface area contributed by atoms with Gasteiger partial charge >= 0.3 is 5.97 Å². The summed E-state index contributed by atoms with van der Waals surface area (Å²) in [4.78, 5) is 15.4. The van der Waals surface area contributed by atoms with E-state index in [1.807, 2.05) is 42.5 Å². The number of carboxylic acids is 1. The monoisotopic (exact) mass is 439 g/mol. The van der Waals surface area contributed by atoms with E-state index in [1.54, 1.807) is 37.6 Å². The van der Waals surface area contributed by atoms with Crippen LogP contribution in [0.4, 0.5) is 5.69 Å². The minimum absolute atomic E-state index is 0.246. The summed E-state index contributed by atoms with van der Waals surface area (Å²) in [6.07, 6.45) is 1.76. The zero-order valence-corrected chi connectivity index (χ0v) is 16.7. The summed E-state index contributed by atoms with van der Waals surface area (Å²) < 4.78 is 12.3. The van der Waals surface area contributed by atoms with Gasteiger partial charge in [0.1, 0.15) is 6.61 Å². The Morgan fingerprint density at radius 3 is 2.39 bits per heavy atom. The molecule has 0 spiro atoms. The summed E-state index contributed by atoms with van der Waals surface area (Å²) in [6.45, 7) is 0.308. The quantitative estimate of drug-likeness (QED) is 0.494. The van der Waals surface area contributed by atoms with Gasteiger partial charge in [0.05, 0.1) is 18.4 Å². The molecule has 3 rings (SSSR count). The lowest BCUT2D eigenvalue weighted by Gasteiger charge is -2.11. The van der Waals surface area contributed by atoms with Crippen molar-refractivity contribution in [2.75, 3.05) is 7.11 Å². The number of hydrogen-bond donors (Lipinski definition) is 1. The number of nitrogens with zero attached hydrogens (tertiary/aromatic N) is 1. The fourth-order valence-electron chi connectivity index (χ4n) is 2.46. The number of carboxylic acid groups (broad SMARTS) is 1. The number of ether oxygens (including phenoxy) is 2. The maximum atomic E-state index is 10.9. The maximum absolute atomic E-state index is 10.9. The lowest BCUT2D eigenvalue weighted by molar-refractivity contribution is 0.0697. The molecular weight excluding hydrogens is 422 g/mol. The molecule has 0 radical (unpaired) electrons. The maximum Gasteiger partial charge on any atom is 0.335 e. The molecule has 28 heavy (non-hydrogen) atoms. The van der Waals surface area contributed by atoms with Gasteiger partial charge in [-0.25, -0.2) is 4.79 Å². The molecule has 0 aliphatic carbocycles. The molecule has 0 amide bonds. The molecule has 0 heterocycles. The Morgan fingerprint density at radius 2 is 1.75 bits per heavy atom. The Hall–Kier alpha value is -3.12. The van der Waals surface area contributed by atoms with Gasteiger partial charge in [-0.1, -0.05) is 28.1 Å². The van der Waals surface area contributed by atoms with Crippen molar-refractivity contribution >= 4 is 33.8 Å². The van der Waals surface area contributed by atoms with Crippen LogP contribution < -0.4 is 9.47 Å². The van der Waals surface area contributed by atoms with Gasteiger partial charge < -0.3 is 14.6 Å². The zero-order chi connectivity index (χ0) is 19.9. The summed E-state index contributed by atoms with van der Waals surface area (Å²) in [5.41, 5.74) is 2.86. The Bertz CT molecular complexity index is 982. The minimum Gasteiger partial charge on any atom is -0.493 e. The first-order valence-corrected chi connectivity index (χ1v) is 9.27. The molecule has 0 unspecified atom stereocenters. The molecular formula is C22H18BrNO4. The van der Waals surface area contributed by atoms with Crippen LogP contribution in [-0.2, 0) is 6.61 Å². The van der Waals surface area contributed by atoms with E-state index < -0.39 is 5.97 Å². The van der Waals surface area contributed by atoms with Gasteiger partial charge in [-0.3, -0.25) is 4.99 Å². The summed E-state index contributed by atoms with van der Waals surface area (Å²) in [7, 11) is 1.58. The Morgan fingerprint density at radius 1 is 1.04 bits per heavy atom. The molecule has 0 atom stereocenters. The van der Waals surface area contributed by atoms with Gasteiger partial charge in [0.15, 0.2) is 11.5 Å². The number of halogens is 1. The van der Waals surface area contributed by atoms with Gasteiger partial charge in [0.2, 0.25) is 0 Å². The van der Waals surface area contributed by atoms with Crippen LogP contribution in [0.15, 0.2) is 76.2 Å². The second-order valence-electron chi connectivity index (χ2n) is 5.94. The smallest absolute Gasteiger partial charge is 0.335 e. The van der Waals surface area contributed by atoms with Crippen LogP contribution in [0.1, 0.15) is 21.5 Å². The number of rotatable bonds is 7. The van der Waals surface area contributed by atoms with Crippen molar-refractivity contribution in [3.05, 3.63) is 87.9 Å². The molecule has 0 bridgehead atoms. The second-order valence-corrected chi connectivity index (χ2v) is 6.85. The van der Waals surface area contributed by atoms with Crippen LogP contribution in [0, 0.1) is 0 Å². The van der Waals surface area contributed by atoms with Crippen LogP contribution in [0.2, 0.25) is 0 Å². The summed E-state index contributed by atoms with van der Waals surface area (Å²) in [6, 6.07) is 19.9. The predicted molar refractivity (Wildman–Crippen MR) is 112 cm³/mol. The van der Waals surface area contributed by atoms with Crippen molar-refractivity contribution in [3.8, 4) is 11.5 Å². The van der Waals surface area contributed by atoms with E-state index >= 15 is 0 Å². The van der Waals surface area contributed by atoms with E-state index in [0.717, 1.165) is 21.3 Å². The normalized spacial score (nSPS) is 10.8. The van der Waals surface area contributed by atoms with Crippen LogP contribution in [0.5, 0.6) is 11.5 Å². The van der Waals surface area contributed by atoms with Crippen molar-refractivity contribution in [1.29, 1.82) is 0 Å². The highest BCUT2D eigenvalue weighted by atomic mass is 79.9. The molecule has 5 nitrogen and oxygen atoms in total. The number of hydrogen-bond acceptors (Lipinski definition) is 4. The topological polar surface area (TPSA) is 68.1 Å². The van der Waals surface area contributed by atoms with Gasteiger partial charge in [-0.15, -0.1) is 0 Å². The van der Waals surface area contributed by atoms with E-state index in [4.69, 9.17) is 14.6 Å². The molecule has 0 aliphatic heterocycles. The number of carbonyl (C=O) groups is 1. The molecule has 3 aromatic carbocycles. The fraction of sp³-hybridized carbons (Fsp3) is 0.0909. The van der Waals surface area contributed by atoms with Crippen molar-refractivity contribution in [1.82, 2.24) is 0 Å². The van der Waals surface area contributed by atoms with Crippen molar-refractivity contribution in [3.63, 3.8) is 0 Å². The van der Waals surface area contributed by atoms with Crippen LogP contribution in [0.25, 0.3) is 0 Å². The SMILES string of the molecule is COc1cc(C=Nc2ccc(Br)cc2)ccc1OCc1ccc(C(=O)O)cc1. The first-order valence-electron chi connectivity index (χ1n) is 8.48. The highest BCUT2D eigenvalue weighted by molar-refractivity contribution is 9.10. The van der Waals surface area contributed by atoms with Crippen LogP contribution in [0.3, 0.4) is 0 Å². The number of aromatic carboxylic acids is 1. The van der Waals surface area contributed by atoms with Gasteiger partial charge in [0, 0.05) is 10.7 Å². The molecule has 0 fully saturated rings. The van der Waals surface area contributed by atoms with E-state index in [0.29, 0.717) is 18.1 Å². The number of methoxy groups -OCH3 is 1. The van der Waals surface area contributed by atoms with Crippen molar-refractivity contribution in [2.24, 2.45) is 4.99 Å². The Labute approximate surface area is 171 Å². The van der Waals surface area contributed by atoms with E-state index in [9.17, 15) is 4.79 Å². The number of benzene rings is 3. The molecule has 6 heteroatoms. The largest absolute Gasteiger partial charge is 0.493 e. The fourth-order valence-corrected chi connectivity index (χ4v) is 2.73. The van der Waals surface area contributed by atoms with Crippen molar-refractivity contribution in [2.45, 2.75) is 6.61 Å². The standard InChI is InChI=1S/C22H18BrNO4/c1-27-21-12-16(13-24-19-9-7-18(23)8-10-19)4-11-20(21)28-14-15-2-5-17(6-3-15)22(25)26/h2-13H,14H2,1H3,(H,25,26). The average molecular weight is 440 g/mol. The third-order valence-electron chi connectivity index (χ3n) is 3.97. The van der Waals surface area contributed by atoms with Gasteiger partial charge in [-0.05, 0) is 65.7 Å². The Balaban J connectivity index is 1.68. The highest BCUT2D eigenvalue weighted by Gasteiger charge is 2.07. The van der Waals surface area contributed by atoms with Gasteiger partial charge in [0.25, 0.3) is 0 Å². The van der Waals surface area contributed by atoms with E-state index in [2.05, 4.69) is 20.9 Å². The summed E-state index contributed by atoms with van der Waals surface area (Å²) >= 11 is 3.40. The Kier molecular flexibility index (Phi) is 6.45. The lowest BCUT2D eigenvalue weighted by atomic mass is 10.1. The molecule has 1 N–H and O–H groups in total. The molecule has 0 saturated heterocycles. The first-order chi connectivity index (χ1) is 13.5. The molecule has 0 aliphatic rings. The minimum atomic E-state index is -0.950. The predicted octanol–water partition coefficient (Wildman–Crippen LogP) is 5.49. The van der Waals surface area contributed by atoms with E-state index in [1.165, 1.54) is 0 Å². The molecule has 142 valence electrons.